The average molecular weight is 383 g/mol. The second-order valence-electron chi connectivity index (χ2n) is 4.80. The fourth-order valence-electron chi connectivity index (χ4n) is 1.87. The van der Waals surface area contributed by atoms with Gasteiger partial charge in [0.25, 0.3) is 21.3 Å². The van der Waals surface area contributed by atoms with Crippen LogP contribution in [-0.4, -0.2) is 41.4 Å². The number of sulfonamides is 1. The maximum Gasteiger partial charge on any atom is 0.358 e. The molecule has 0 bridgehead atoms. The molecule has 0 radical (unpaired) electrons. The summed E-state index contributed by atoms with van der Waals surface area (Å²) in [6.07, 6.45) is 0. The highest BCUT2D eigenvalue weighted by atomic mass is 32.2. The van der Waals surface area contributed by atoms with Crippen LogP contribution in [0.5, 0.6) is 5.88 Å². The topological polar surface area (TPSA) is 166 Å². The van der Waals surface area contributed by atoms with Gasteiger partial charge in [0.1, 0.15) is 0 Å². The number of ether oxygens (including phenoxy) is 1. The van der Waals surface area contributed by atoms with E-state index < -0.39 is 37.2 Å². The van der Waals surface area contributed by atoms with Crippen LogP contribution < -0.4 is 15.1 Å². The number of hydrogen-bond acceptors (Lipinski definition) is 8. The van der Waals surface area contributed by atoms with Crippen molar-refractivity contribution in [3.05, 3.63) is 51.8 Å². The number of aryl methyl sites for hydroxylation is 1. The lowest BCUT2D eigenvalue weighted by atomic mass is 10.3. The Morgan fingerprint density at radius 3 is 2.69 bits per heavy atom. The van der Waals surface area contributed by atoms with Crippen LogP contribution in [0.4, 0.5) is 10.5 Å². The van der Waals surface area contributed by atoms with E-state index in [1.165, 1.54) is 32.2 Å². The summed E-state index contributed by atoms with van der Waals surface area (Å²) in [6, 6.07) is 4.42. The number of nitro benzene ring substituents is 1. The van der Waals surface area contributed by atoms with E-state index >= 15 is 0 Å². The highest BCUT2D eigenvalue weighted by Crippen LogP contribution is 2.22. The third-order valence-electron chi connectivity index (χ3n) is 3.05. The van der Waals surface area contributed by atoms with E-state index in [0.29, 0.717) is 4.73 Å². The lowest BCUT2D eigenvalue weighted by Crippen LogP contribution is -2.33. The van der Waals surface area contributed by atoms with Gasteiger partial charge in [-0.25, -0.2) is 17.9 Å². The predicted molar refractivity (Wildman–Crippen MR) is 85.1 cm³/mol. The second-order valence-corrected chi connectivity index (χ2v) is 6.45. The number of hydrogen-bond donors (Lipinski definition) is 2. The standard InChI is InChI=1S/C13H13N5O7S/c1-8-7-11(25-2)14-12(17(8)20)15-13(19)16-26(23,24)10-6-4-3-5-9(10)18(21)22/h3-7,20H,1-2H3,(H,16,19). The van der Waals surface area contributed by atoms with E-state index in [-0.39, 0.29) is 11.6 Å². The molecule has 13 heteroatoms. The Hall–Kier alpha value is -3.48. The maximum atomic E-state index is 12.2. The number of rotatable bonds is 4. The van der Waals surface area contributed by atoms with Gasteiger partial charge in [0.05, 0.1) is 17.7 Å². The molecular weight excluding hydrogens is 370 g/mol. The number of methoxy groups -OCH3 is 1. The molecule has 0 fully saturated rings. The van der Waals surface area contributed by atoms with Crippen molar-refractivity contribution in [3.63, 3.8) is 0 Å². The summed E-state index contributed by atoms with van der Waals surface area (Å²) in [7, 11) is -3.28. The Bertz CT molecular complexity index is 1050. The van der Waals surface area contributed by atoms with Gasteiger partial charge in [-0.15, -0.1) is 0 Å². The van der Waals surface area contributed by atoms with Crippen LogP contribution in [0.2, 0.25) is 0 Å². The van der Waals surface area contributed by atoms with E-state index in [4.69, 9.17) is 4.74 Å². The number of aromatic nitrogens is 2. The number of nitro groups is 1. The lowest BCUT2D eigenvalue weighted by Gasteiger charge is -2.06. The zero-order valence-electron chi connectivity index (χ0n) is 13.5. The second kappa shape index (κ2) is 7.18. The molecule has 2 N–H and O–H groups in total. The highest BCUT2D eigenvalue weighted by molar-refractivity contribution is 7.90. The SMILES string of the molecule is COc1cc(C)n(O)c(=NC(=O)NS(=O)(=O)c2ccccc2[N+](=O)[O-])n1. The van der Waals surface area contributed by atoms with E-state index in [2.05, 4.69) is 9.98 Å². The molecule has 1 aromatic carbocycles. The first-order valence-electron chi connectivity index (χ1n) is 6.84. The maximum absolute atomic E-state index is 12.2. The van der Waals surface area contributed by atoms with Crippen LogP contribution in [0.15, 0.2) is 40.2 Å². The quantitative estimate of drug-likeness (QED) is 0.433. The summed E-state index contributed by atoms with van der Waals surface area (Å²) in [5.74, 6) is 0.0286. The van der Waals surface area contributed by atoms with Crippen LogP contribution in [0.25, 0.3) is 0 Å². The molecule has 2 aromatic rings. The third kappa shape index (κ3) is 3.94. The van der Waals surface area contributed by atoms with Gasteiger partial charge in [-0.2, -0.15) is 14.7 Å². The monoisotopic (exact) mass is 383 g/mol. The Kier molecular flexibility index (Phi) is 5.21. The highest BCUT2D eigenvalue weighted by Gasteiger charge is 2.26. The molecule has 0 atom stereocenters. The molecule has 0 spiro atoms. The van der Waals surface area contributed by atoms with E-state index in [0.717, 1.165) is 12.1 Å². The molecule has 1 heterocycles. The molecule has 12 nitrogen and oxygen atoms in total. The lowest BCUT2D eigenvalue weighted by molar-refractivity contribution is -0.387. The van der Waals surface area contributed by atoms with Gasteiger partial charge in [0, 0.05) is 12.1 Å². The predicted octanol–water partition coefficient (Wildman–Crippen LogP) is 0.345. The Labute approximate surface area is 146 Å². The van der Waals surface area contributed by atoms with Gasteiger partial charge in [-0.1, -0.05) is 12.1 Å². The Morgan fingerprint density at radius 2 is 2.08 bits per heavy atom. The van der Waals surface area contributed by atoms with E-state index in [1.807, 2.05) is 0 Å². The summed E-state index contributed by atoms with van der Waals surface area (Å²) >= 11 is 0. The number of benzene rings is 1. The van der Waals surface area contributed by atoms with E-state index in [9.17, 15) is 28.5 Å². The summed E-state index contributed by atoms with van der Waals surface area (Å²) in [6.45, 7) is 1.46. The number of urea groups is 1. The van der Waals surface area contributed by atoms with Gasteiger partial charge >= 0.3 is 6.03 Å². The number of nitrogens with zero attached hydrogens (tertiary/aromatic N) is 4. The van der Waals surface area contributed by atoms with Gasteiger partial charge < -0.3 is 9.94 Å². The zero-order chi connectivity index (χ0) is 19.5. The summed E-state index contributed by atoms with van der Waals surface area (Å²) in [5.41, 5.74) is -1.04. The molecule has 26 heavy (non-hydrogen) atoms. The first-order chi connectivity index (χ1) is 12.2. The van der Waals surface area contributed by atoms with Crippen LogP contribution in [0, 0.1) is 17.0 Å². The fraction of sp³-hybridized carbons (Fsp3) is 0.154. The number of carbonyl (C=O) groups excluding carboxylic acids is 1. The van der Waals surface area contributed by atoms with Crippen molar-refractivity contribution < 1.29 is 28.1 Å². The van der Waals surface area contributed by atoms with Crippen molar-refractivity contribution in [1.82, 2.24) is 14.4 Å². The summed E-state index contributed by atoms with van der Waals surface area (Å²) < 4.78 is 31.3. The molecular formula is C13H13N5O7S. The third-order valence-corrected chi connectivity index (χ3v) is 4.42. The normalized spacial score (nSPS) is 11.8. The van der Waals surface area contributed by atoms with Crippen LogP contribution in [0.3, 0.4) is 0 Å². The minimum Gasteiger partial charge on any atom is -0.481 e. The Morgan fingerprint density at radius 1 is 1.42 bits per heavy atom. The van der Waals surface area contributed by atoms with Gasteiger partial charge in [0.2, 0.25) is 5.88 Å². The van der Waals surface area contributed by atoms with Crippen LogP contribution in [0.1, 0.15) is 5.69 Å². The number of nitrogens with one attached hydrogen (secondary N) is 1. The van der Waals surface area contributed by atoms with Crippen molar-refractivity contribution >= 4 is 21.7 Å². The van der Waals surface area contributed by atoms with Crippen molar-refractivity contribution in [3.8, 4) is 5.88 Å². The van der Waals surface area contributed by atoms with Gasteiger partial charge in [0.15, 0.2) is 4.90 Å². The minimum atomic E-state index is -4.58. The molecule has 2 rings (SSSR count). The first-order valence-corrected chi connectivity index (χ1v) is 8.33. The largest absolute Gasteiger partial charge is 0.481 e. The van der Waals surface area contributed by atoms with Crippen molar-refractivity contribution in [2.24, 2.45) is 4.99 Å². The fourth-order valence-corrected chi connectivity index (χ4v) is 2.93. The zero-order valence-corrected chi connectivity index (χ0v) is 14.3. The van der Waals surface area contributed by atoms with Crippen molar-refractivity contribution in [2.75, 3.05) is 7.11 Å². The molecule has 1 aromatic heterocycles. The van der Waals surface area contributed by atoms with Crippen molar-refractivity contribution in [1.29, 1.82) is 0 Å². The summed E-state index contributed by atoms with van der Waals surface area (Å²) in [5, 5.41) is 20.7. The molecule has 0 aliphatic rings. The van der Waals surface area contributed by atoms with Crippen molar-refractivity contribution in [2.45, 2.75) is 11.8 Å². The number of para-hydroxylation sites is 1. The summed E-state index contributed by atoms with van der Waals surface area (Å²) in [4.78, 5) is 28.3. The first kappa shape index (κ1) is 18.9. The van der Waals surface area contributed by atoms with Crippen LogP contribution >= 0.6 is 0 Å². The van der Waals surface area contributed by atoms with Crippen LogP contribution in [-0.2, 0) is 10.0 Å². The minimum absolute atomic E-state index is 0.0286. The smallest absolute Gasteiger partial charge is 0.358 e. The average Bonchev–Trinajstić information content (AvgIpc) is 2.58. The molecule has 0 saturated heterocycles. The molecule has 2 amide bonds. The molecule has 0 aliphatic heterocycles. The van der Waals surface area contributed by atoms with E-state index in [1.54, 1.807) is 4.72 Å². The molecule has 0 saturated carbocycles. The number of carbonyl (C=O) groups is 1. The number of amides is 2. The van der Waals surface area contributed by atoms with Gasteiger partial charge in [-0.3, -0.25) is 10.1 Å². The molecule has 0 aliphatic carbocycles. The molecule has 138 valence electrons. The van der Waals surface area contributed by atoms with Gasteiger partial charge in [-0.05, 0) is 13.0 Å². The molecule has 0 unspecified atom stereocenters. The Balaban J connectivity index is 2.42.